The molecule has 0 saturated carbocycles. The van der Waals surface area contributed by atoms with Crippen LogP contribution in [0.3, 0.4) is 0 Å². The molecule has 2 rings (SSSR count). The maximum absolute atomic E-state index is 12.0. The number of carbonyl (C=O) groups excluding carboxylic acids is 1. The molecule has 0 saturated heterocycles. The Morgan fingerprint density at radius 2 is 1.75 bits per heavy atom. The minimum atomic E-state index is -2.90. The number of alkyl halides is 2. The molecule has 2 aromatic rings. The van der Waals surface area contributed by atoms with E-state index in [0.717, 1.165) is 5.56 Å². The van der Waals surface area contributed by atoms with E-state index in [1.807, 2.05) is 30.3 Å². The molecule has 0 heterocycles. The molecule has 2 aromatic carbocycles. The third-order valence-electron chi connectivity index (χ3n) is 3.13. The third kappa shape index (κ3) is 6.08. The quantitative estimate of drug-likeness (QED) is 0.794. The van der Waals surface area contributed by atoms with E-state index in [9.17, 15) is 17.8 Å². The van der Waals surface area contributed by atoms with Crippen LogP contribution in [0.1, 0.15) is 15.9 Å². The summed E-state index contributed by atoms with van der Waals surface area (Å²) in [4.78, 5) is 11.9. The van der Waals surface area contributed by atoms with E-state index >= 15 is 0 Å². The predicted octanol–water partition coefficient (Wildman–Crippen LogP) is 2.97. The van der Waals surface area contributed by atoms with E-state index in [2.05, 4.69) is 10.1 Å². The molecule has 0 spiro atoms. The van der Waals surface area contributed by atoms with Crippen LogP contribution >= 0.6 is 0 Å². The minimum Gasteiger partial charge on any atom is -0.435 e. The second-order valence-electron chi connectivity index (χ2n) is 4.93. The van der Waals surface area contributed by atoms with Gasteiger partial charge in [0.1, 0.15) is 5.75 Å². The second-order valence-corrected chi connectivity index (χ2v) is 6.51. The Morgan fingerprint density at radius 3 is 2.38 bits per heavy atom. The van der Waals surface area contributed by atoms with Gasteiger partial charge in [0.25, 0.3) is 5.91 Å². The molecule has 1 amide bonds. The Labute approximate surface area is 141 Å². The predicted molar refractivity (Wildman–Crippen MR) is 88.6 cm³/mol. The van der Waals surface area contributed by atoms with Gasteiger partial charge >= 0.3 is 6.61 Å². The van der Waals surface area contributed by atoms with Crippen molar-refractivity contribution in [2.24, 2.45) is 0 Å². The molecule has 1 unspecified atom stereocenters. The van der Waals surface area contributed by atoms with E-state index in [1.54, 1.807) is 0 Å². The molecule has 0 bridgehead atoms. The SMILES string of the molecule is O=C(NCCS(=O)Cc1ccccc1)c1ccc(OC(F)F)cc1. The maximum atomic E-state index is 12.0. The summed E-state index contributed by atoms with van der Waals surface area (Å²) in [5.74, 6) is 0.421. The fourth-order valence-corrected chi connectivity index (χ4v) is 3.04. The van der Waals surface area contributed by atoms with Crippen molar-refractivity contribution in [2.75, 3.05) is 12.3 Å². The molecule has 0 aliphatic rings. The van der Waals surface area contributed by atoms with Crippen LogP contribution in [0.15, 0.2) is 54.6 Å². The molecular formula is C17H17F2NO3S. The summed E-state index contributed by atoms with van der Waals surface area (Å²) >= 11 is 0. The molecule has 1 N–H and O–H groups in total. The first-order chi connectivity index (χ1) is 11.5. The van der Waals surface area contributed by atoms with Crippen LogP contribution in [-0.4, -0.2) is 29.0 Å². The van der Waals surface area contributed by atoms with Gasteiger partial charge in [0.2, 0.25) is 0 Å². The summed E-state index contributed by atoms with van der Waals surface area (Å²) in [6.45, 7) is -2.63. The highest BCUT2D eigenvalue weighted by molar-refractivity contribution is 7.84. The van der Waals surface area contributed by atoms with Crippen LogP contribution in [-0.2, 0) is 16.6 Å². The summed E-state index contributed by atoms with van der Waals surface area (Å²) in [5, 5.41) is 2.65. The number of halogens is 2. The van der Waals surface area contributed by atoms with Crippen molar-refractivity contribution >= 4 is 16.7 Å². The van der Waals surface area contributed by atoms with E-state index in [1.165, 1.54) is 24.3 Å². The van der Waals surface area contributed by atoms with Gasteiger partial charge in [-0.25, -0.2) is 0 Å². The third-order valence-corrected chi connectivity index (χ3v) is 4.44. The van der Waals surface area contributed by atoms with Gasteiger partial charge in [0, 0.05) is 34.4 Å². The molecule has 24 heavy (non-hydrogen) atoms. The van der Waals surface area contributed by atoms with E-state index in [0.29, 0.717) is 17.1 Å². The lowest BCUT2D eigenvalue weighted by Crippen LogP contribution is -2.27. The van der Waals surface area contributed by atoms with Gasteiger partial charge in [-0.1, -0.05) is 30.3 Å². The van der Waals surface area contributed by atoms with Gasteiger partial charge in [0.05, 0.1) is 0 Å². The van der Waals surface area contributed by atoms with Crippen molar-refractivity contribution in [2.45, 2.75) is 12.4 Å². The van der Waals surface area contributed by atoms with Gasteiger partial charge in [-0.15, -0.1) is 0 Å². The van der Waals surface area contributed by atoms with Crippen molar-refractivity contribution < 1.29 is 22.5 Å². The van der Waals surface area contributed by atoms with Crippen LogP contribution in [0.2, 0.25) is 0 Å². The molecule has 128 valence electrons. The molecule has 1 atom stereocenters. The summed E-state index contributed by atoms with van der Waals surface area (Å²) in [5.41, 5.74) is 1.31. The standard InChI is InChI=1S/C17H17F2NO3S/c18-17(19)23-15-8-6-14(7-9-15)16(21)20-10-11-24(22)12-13-4-2-1-3-5-13/h1-9,17H,10-12H2,(H,20,21). The van der Waals surface area contributed by atoms with Crippen molar-refractivity contribution in [3.63, 3.8) is 0 Å². The largest absolute Gasteiger partial charge is 0.435 e. The zero-order valence-corrected chi connectivity index (χ0v) is 13.6. The number of hydrogen-bond donors (Lipinski definition) is 1. The lowest BCUT2D eigenvalue weighted by Gasteiger charge is -2.07. The molecule has 4 nitrogen and oxygen atoms in total. The maximum Gasteiger partial charge on any atom is 0.387 e. The number of ether oxygens (including phenoxy) is 1. The topological polar surface area (TPSA) is 55.4 Å². The van der Waals surface area contributed by atoms with Crippen LogP contribution < -0.4 is 10.1 Å². The molecular weight excluding hydrogens is 336 g/mol. The monoisotopic (exact) mass is 353 g/mol. The Balaban J connectivity index is 1.75. The highest BCUT2D eigenvalue weighted by Gasteiger charge is 2.08. The van der Waals surface area contributed by atoms with Crippen molar-refractivity contribution in [1.82, 2.24) is 5.32 Å². The fourth-order valence-electron chi connectivity index (χ4n) is 2.00. The van der Waals surface area contributed by atoms with Crippen molar-refractivity contribution in [1.29, 1.82) is 0 Å². The average Bonchev–Trinajstić information content (AvgIpc) is 2.55. The second kappa shape index (κ2) is 9.12. The zero-order chi connectivity index (χ0) is 17.4. The molecule has 0 aliphatic heterocycles. The average molecular weight is 353 g/mol. The van der Waals surface area contributed by atoms with Gasteiger partial charge in [0.15, 0.2) is 0 Å². The highest BCUT2D eigenvalue weighted by Crippen LogP contribution is 2.14. The number of rotatable bonds is 8. The van der Waals surface area contributed by atoms with Crippen LogP contribution in [0.5, 0.6) is 5.75 Å². The number of benzene rings is 2. The molecule has 0 radical (unpaired) electrons. The Bertz CT molecular complexity index is 678. The molecule has 0 aliphatic carbocycles. The molecule has 7 heteroatoms. The molecule has 0 aromatic heterocycles. The number of amides is 1. The normalized spacial score (nSPS) is 12.0. The number of hydrogen-bond acceptors (Lipinski definition) is 3. The first kappa shape index (κ1) is 18.1. The first-order valence-corrected chi connectivity index (χ1v) is 8.75. The lowest BCUT2D eigenvalue weighted by atomic mass is 10.2. The van der Waals surface area contributed by atoms with Gasteiger partial charge in [-0.3, -0.25) is 9.00 Å². The summed E-state index contributed by atoms with van der Waals surface area (Å²) in [6.07, 6.45) is 0. The van der Waals surface area contributed by atoms with Crippen LogP contribution in [0, 0.1) is 0 Å². The van der Waals surface area contributed by atoms with Crippen LogP contribution in [0.25, 0.3) is 0 Å². The van der Waals surface area contributed by atoms with Gasteiger partial charge in [-0.2, -0.15) is 8.78 Å². The first-order valence-electron chi connectivity index (χ1n) is 7.26. The van der Waals surface area contributed by atoms with Crippen molar-refractivity contribution in [3.05, 3.63) is 65.7 Å². The summed E-state index contributed by atoms with van der Waals surface area (Å²) in [7, 11) is -1.07. The molecule has 0 fully saturated rings. The van der Waals surface area contributed by atoms with Crippen LogP contribution in [0.4, 0.5) is 8.78 Å². The number of carbonyl (C=O) groups is 1. The minimum absolute atomic E-state index is 0.00878. The van der Waals surface area contributed by atoms with Crippen molar-refractivity contribution in [3.8, 4) is 5.75 Å². The highest BCUT2D eigenvalue weighted by atomic mass is 32.2. The van der Waals surface area contributed by atoms with E-state index in [4.69, 9.17) is 0 Å². The summed E-state index contributed by atoms with van der Waals surface area (Å²) in [6, 6.07) is 14.9. The Hall–Kier alpha value is -2.28. The number of nitrogens with one attached hydrogen (secondary N) is 1. The van der Waals surface area contributed by atoms with E-state index in [-0.39, 0.29) is 18.2 Å². The zero-order valence-electron chi connectivity index (χ0n) is 12.8. The van der Waals surface area contributed by atoms with Gasteiger partial charge in [-0.05, 0) is 29.8 Å². The van der Waals surface area contributed by atoms with Gasteiger partial charge < -0.3 is 10.1 Å². The smallest absolute Gasteiger partial charge is 0.387 e. The summed E-state index contributed by atoms with van der Waals surface area (Å²) < 4.78 is 40.3. The lowest BCUT2D eigenvalue weighted by molar-refractivity contribution is -0.0498. The van der Waals surface area contributed by atoms with E-state index < -0.39 is 17.4 Å². The fraction of sp³-hybridized carbons (Fsp3) is 0.235. The Morgan fingerprint density at radius 1 is 1.08 bits per heavy atom. The Kier molecular flexibility index (Phi) is 6.87.